The maximum atomic E-state index is 13.8. The third kappa shape index (κ3) is 3.76. The first kappa shape index (κ1) is 20.6. The molecule has 33 heavy (non-hydrogen) atoms. The van der Waals surface area contributed by atoms with Crippen molar-refractivity contribution < 1.29 is 13.7 Å². The summed E-state index contributed by atoms with van der Waals surface area (Å²) >= 11 is 0. The van der Waals surface area contributed by atoms with Gasteiger partial charge in [0, 0.05) is 44.0 Å². The number of fused-ring (bicyclic) bond motifs is 2. The van der Waals surface area contributed by atoms with Crippen LogP contribution in [0.1, 0.15) is 16.8 Å². The van der Waals surface area contributed by atoms with Crippen LogP contribution in [0.2, 0.25) is 0 Å². The zero-order chi connectivity index (χ0) is 23.1. The Morgan fingerprint density at radius 2 is 2.03 bits per heavy atom. The van der Waals surface area contributed by atoms with Crippen LogP contribution >= 0.6 is 0 Å². The lowest BCUT2D eigenvalue weighted by Gasteiger charge is -2.27. The molecule has 0 radical (unpaired) electrons. The van der Waals surface area contributed by atoms with E-state index in [4.69, 9.17) is 4.42 Å². The molecule has 4 aromatic rings. The van der Waals surface area contributed by atoms with E-state index in [-0.39, 0.29) is 35.2 Å². The van der Waals surface area contributed by atoms with Crippen LogP contribution in [0.15, 0.2) is 51.1 Å². The number of non-ortho nitro benzene ring substituents is 1. The quantitative estimate of drug-likeness (QED) is 0.364. The third-order valence-corrected chi connectivity index (χ3v) is 5.46. The number of H-pyrrole nitrogens is 1. The lowest BCUT2D eigenvalue weighted by molar-refractivity contribution is -0.383. The summed E-state index contributed by atoms with van der Waals surface area (Å²) in [6.45, 7) is 0.870. The Kier molecular flexibility index (Phi) is 4.98. The maximum absolute atomic E-state index is 13.8. The summed E-state index contributed by atoms with van der Waals surface area (Å²) in [4.78, 5) is 52.9. The molecule has 5 rings (SSSR count). The number of nitrogens with one attached hydrogen (secondary N) is 1. The van der Waals surface area contributed by atoms with Gasteiger partial charge >= 0.3 is 5.69 Å². The van der Waals surface area contributed by atoms with Crippen LogP contribution < -0.4 is 11.0 Å². The maximum Gasteiger partial charge on any atom is 0.315 e. The first-order valence-electron chi connectivity index (χ1n) is 9.89. The molecule has 3 aromatic heterocycles. The first-order valence-corrected chi connectivity index (χ1v) is 9.89. The van der Waals surface area contributed by atoms with Gasteiger partial charge in [0.15, 0.2) is 5.43 Å². The number of benzene rings is 1. The second-order valence-corrected chi connectivity index (χ2v) is 7.58. The van der Waals surface area contributed by atoms with Gasteiger partial charge in [-0.15, -0.1) is 0 Å². The van der Waals surface area contributed by atoms with Gasteiger partial charge in [0.05, 0.1) is 39.5 Å². The minimum absolute atomic E-state index is 0.121. The Bertz CT molecular complexity index is 1520. The molecule has 0 saturated carbocycles. The number of hydrogen-bond acceptors (Lipinski definition) is 9. The van der Waals surface area contributed by atoms with Gasteiger partial charge in [-0.25, -0.2) is 19.3 Å². The lowest BCUT2D eigenvalue weighted by atomic mass is 10.1. The fourth-order valence-electron chi connectivity index (χ4n) is 3.89. The van der Waals surface area contributed by atoms with Crippen molar-refractivity contribution >= 4 is 16.7 Å². The normalized spacial score (nSPS) is 13.7. The van der Waals surface area contributed by atoms with Crippen molar-refractivity contribution in [3.63, 3.8) is 0 Å². The van der Waals surface area contributed by atoms with Crippen molar-refractivity contribution in [1.29, 1.82) is 0 Å². The Morgan fingerprint density at radius 1 is 1.24 bits per heavy atom. The first-order chi connectivity index (χ1) is 15.9. The fraction of sp³-hybridized carbons (Fsp3) is 0.190. The smallest absolute Gasteiger partial charge is 0.315 e. The van der Waals surface area contributed by atoms with E-state index < -0.39 is 21.9 Å². The Hall–Kier alpha value is -4.32. The molecule has 1 N–H and O–H groups in total. The molecule has 12 heteroatoms. The van der Waals surface area contributed by atoms with Crippen molar-refractivity contribution in [2.24, 2.45) is 0 Å². The predicted molar refractivity (Wildman–Crippen MR) is 113 cm³/mol. The molecule has 1 aromatic carbocycles. The molecule has 166 valence electrons. The van der Waals surface area contributed by atoms with Crippen molar-refractivity contribution in [1.82, 2.24) is 24.8 Å². The van der Waals surface area contributed by atoms with Gasteiger partial charge in [-0.1, -0.05) is 0 Å². The summed E-state index contributed by atoms with van der Waals surface area (Å²) in [6, 6.07) is 1.63. The highest BCUT2D eigenvalue weighted by atomic mass is 19.1. The molecule has 0 unspecified atom stereocenters. The van der Waals surface area contributed by atoms with Crippen LogP contribution in [0.5, 0.6) is 0 Å². The van der Waals surface area contributed by atoms with Crippen molar-refractivity contribution in [2.75, 3.05) is 6.54 Å². The average Bonchev–Trinajstić information content (AvgIpc) is 2.81. The van der Waals surface area contributed by atoms with Gasteiger partial charge in [0.1, 0.15) is 18.0 Å². The minimum Gasteiger partial charge on any atom is -0.456 e. The van der Waals surface area contributed by atoms with Gasteiger partial charge in [-0.2, -0.15) is 0 Å². The topological polar surface area (TPSA) is 148 Å². The van der Waals surface area contributed by atoms with Crippen LogP contribution in [0, 0.1) is 15.9 Å². The summed E-state index contributed by atoms with van der Waals surface area (Å²) in [5.74, 6) is -0.519. The van der Waals surface area contributed by atoms with E-state index in [9.17, 15) is 24.1 Å². The number of aromatic amines is 1. The van der Waals surface area contributed by atoms with E-state index in [0.29, 0.717) is 41.7 Å². The zero-order valence-electron chi connectivity index (χ0n) is 16.9. The Balaban J connectivity index is 1.44. The summed E-state index contributed by atoms with van der Waals surface area (Å²) in [7, 11) is 0. The van der Waals surface area contributed by atoms with Crippen molar-refractivity contribution in [2.45, 2.75) is 19.5 Å². The highest BCUT2D eigenvalue weighted by molar-refractivity contribution is 5.85. The molecule has 4 heterocycles. The van der Waals surface area contributed by atoms with Crippen LogP contribution in [-0.2, 0) is 19.5 Å². The molecular weight excluding hydrogens is 435 g/mol. The predicted octanol–water partition coefficient (Wildman–Crippen LogP) is 1.94. The van der Waals surface area contributed by atoms with E-state index in [0.717, 1.165) is 12.3 Å². The minimum atomic E-state index is -0.900. The van der Waals surface area contributed by atoms with E-state index in [2.05, 4.69) is 19.9 Å². The van der Waals surface area contributed by atoms with Crippen LogP contribution in [0.3, 0.4) is 0 Å². The SMILES string of the molecule is O=c1[nH]c(-c2cncnc2)nc2c1CN(Cc1coc3c([N+](=O)[O-])cc(F)cc3c1=O)CC2. The monoisotopic (exact) mass is 450 g/mol. The average molecular weight is 450 g/mol. The van der Waals surface area contributed by atoms with Gasteiger partial charge in [-0.05, 0) is 6.07 Å². The molecule has 1 aliphatic heterocycles. The molecule has 0 atom stereocenters. The molecule has 1 aliphatic rings. The summed E-state index contributed by atoms with van der Waals surface area (Å²) in [6.07, 6.45) is 6.11. The van der Waals surface area contributed by atoms with Crippen molar-refractivity contribution in [3.05, 3.63) is 90.4 Å². The molecule has 0 aliphatic carbocycles. The van der Waals surface area contributed by atoms with Gasteiger partial charge in [-0.3, -0.25) is 24.6 Å². The molecule has 11 nitrogen and oxygen atoms in total. The summed E-state index contributed by atoms with van der Waals surface area (Å²) in [5, 5.41) is 11.0. The summed E-state index contributed by atoms with van der Waals surface area (Å²) < 4.78 is 19.2. The molecule has 0 saturated heterocycles. The number of halogens is 1. The molecule has 0 bridgehead atoms. The highest BCUT2D eigenvalue weighted by Gasteiger charge is 2.24. The van der Waals surface area contributed by atoms with Gasteiger partial charge in [0.25, 0.3) is 5.56 Å². The Morgan fingerprint density at radius 3 is 2.79 bits per heavy atom. The zero-order valence-corrected chi connectivity index (χ0v) is 16.9. The molecule has 0 fully saturated rings. The molecule has 0 amide bonds. The van der Waals surface area contributed by atoms with Crippen LogP contribution in [0.4, 0.5) is 10.1 Å². The number of rotatable bonds is 4. The van der Waals surface area contributed by atoms with E-state index in [1.54, 1.807) is 12.4 Å². The number of nitrogens with zero attached hydrogens (tertiary/aromatic N) is 5. The van der Waals surface area contributed by atoms with Crippen LogP contribution in [-0.4, -0.2) is 36.3 Å². The fourth-order valence-corrected chi connectivity index (χ4v) is 3.89. The molecular formula is C21H15FN6O5. The van der Waals surface area contributed by atoms with E-state index in [1.165, 1.54) is 6.33 Å². The van der Waals surface area contributed by atoms with E-state index >= 15 is 0 Å². The van der Waals surface area contributed by atoms with Gasteiger partial charge < -0.3 is 9.40 Å². The summed E-state index contributed by atoms with van der Waals surface area (Å²) in [5.41, 5.74) is 0.173. The second kappa shape index (κ2) is 7.98. The standard InChI is InChI=1S/C21H15FN6O5/c22-13-3-14-18(29)12(9-33-19(14)17(4-13)28(31)32)7-27-2-1-16-15(8-27)21(30)26-20(25-16)11-5-23-10-24-6-11/h3-6,9-10H,1-2,7-8H2,(H,25,26,30). The van der Waals surface area contributed by atoms with Crippen molar-refractivity contribution in [3.8, 4) is 11.4 Å². The number of nitro benzene ring substituents is 1. The highest BCUT2D eigenvalue weighted by Crippen LogP contribution is 2.26. The van der Waals surface area contributed by atoms with Gasteiger partial charge in [0.2, 0.25) is 5.58 Å². The molecule has 0 spiro atoms. The number of hydrogen-bond donors (Lipinski definition) is 1. The Labute approximate surface area is 183 Å². The number of aromatic nitrogens is 4. The number of nitro groups is 1. The third-order valence-electron chi connectivity index (χ3n) is 5.46. The lowest BCUT2D eigenvalue weighted by Crippen LogP contribution is -2.36. The van der Waals surface area contributed by atoms with E-state index in [1.807, 2.05) is 4.90 Å². The second-order valence-electron chi connectivity index (χ2n) is 7.58. The van der Waals surface area contributed by atoms with Crippen LogP contribution in [0.25, 0.3) is 22.4 Å². The largest absolute Gasteiger partial charge is 0.456 e.